The third-order valence-corrected chi connectivity index (χ3v) is 5.80. The average Bonchev–Trinajstić information content (AvgIpc) is 2.68. The smallest absolute Gasteiger partial charge is 0.253 e. The van der Waals surface area contributed by atoms with Crippen molar-refractivity contribution in [1.29, 1.82) is 0 Å². The topological polar surface area (TPSA) is 46.1 Å². The van der Waals surface area contributed by atoms with Crippen molar-refractivity contribution in [3.05, 3.63) is 47.7 Å². The summed E-state index contributed by atoms with van der Waals surface area (Å²) >= 11 is 0. The van der Waals surface area contributed by atoms with E-state index < -0.39 is 0 Å². The summed E-state index contributed by atoms with van der Waals surface area (Å²) in [7, 11) is 0. The van der Waals surface area contributed by atoms with E-state index in [0.717, 1.165) is 41.5 Å². The van der Waals surface area contributed by atoms with Crippen molar-refractivity contribution >= 4 is 5.91 Å². The lowest BCUT2D eigenvalue weighted by atomic mass is 9.75. The number of aromatic nitrogens is 2. The van der Waals surface area contributed by atoms with Crippen molar-refractivity contribution in [2.75, 3.05) is 13.1 Å². The highest BCUT2D eigenvalue weighted by molar-refractivity contribution is 5.94. The van der Waals surface area contributed by atoms with Gasteiger partial charge in [-0.05, 0) is 55.9 Å². The van der Waals surface area contributed by atoms with Gasteiger partial charge in [0.2, 0.25) is 0 Å². The molecule has 0 N–H and O–H groups in total. The minimum absolute atomic E-state index is 0.172. The van der Waals surface area contributed by atoms with Crippen LogP contribution in [0.1, 0.15) is 48.2 Å². The van der Waals surface area contributed by atoms with Crippen molar-refractivity contribution in [2.24, 2.45) is 11.8 Å². The highest BCUT2D eigenvalue weighted by Crippen LogP contribution is 2.36. The number of carbonyl (C=O) groups is 1. The number of piperidine rings is 1. The molecule has 2 aliphatic rings. The molecule has 2 atom stereocenters. The SMILES string of the molecule is Cc1ccc(-c2ccc(C(=O)N3CC[C@@H]4CCCC[C@H]4C3)cc2)nn1. The summed E-state index contributed by atoms with van der Waals surface area (Å²) in [5.41, 5.74) is 3.52. The fourth-order valence-electron chi connectivity index (χ4n) is 4.30. The van der Waals surface area contributed by atoms with E-state index in [1.807, 2.05) is 43.3 Å². The van der Waals surface area contributed by atoms with Gasteiger partial charge in [0.05, 0.1) is 11.4 Å². The molecular weight excluding hydrogens is 310 g/mol. The Bertz CT molecular complexity index is 739. The van der Waals surface area contributed by atoms with Crippen LogP contribution in [0.3, 0.4) is 0 Å². The maximum atomic E-state index is 12.9. The average molecular weight is 335 g/mol. The van der Waals surface area contributed by atoms with Gasteiger partial charge in [-0.25, -0.2) is 0 Å². The van der Waals surface area contributed by atoms with Crippen LogP contribution < -0.4 is 0 Å². The molecule has 4 heteroatoms. The van der Waals surface area contributed by atoms with E-state index in [1.54, 1.807) is 0 Å². The van der Waals surface area contributed by atoms with Crippen LogP contribution in [0.5, 0.6) is 0 Å². The molecule has 0 spiro atoms. The number of carbonyl (C=O) groups excluding carboxylic acids is 1. The minimum Gasteiger partial charge on any atom is -0.338 e. The normalized spacial score (nSPS) is 23.2. The van der Waals surface area contributed by atoms with Crippen LogP contribution in [0.4, 0.5) is 0 Å². The van der Waals surface area contributed by atoms with Crippen LogP contribution >= 0.6 is 0 Å². The van der Waals surface area contributed by atoms with E-state index in [0.29, 0.717) is 5.92 Å². The number of likely N-dealkylation sites (tertiary alicyclic amines) is 1. The first kappa shape index (κ1) is 16.2. The van der Waals surface area contributed by atoms with Gasteiger partial charge in [0, 0.05) is 24.2 Å². The Balaban J connectivity index is 1.46. The Morgan fingerprint density at radius 3 is 2.44 bits per heavy atom. The van der Waals surface area contributed by atoms with Crippen LogP contribution in [0.25, 0.3) is 11.3 Å². The van der Waals surface area contributed by atoms with Gasteiger partial charge in [0.25, 0.3) is 5.91 Å². The van der Waals surface area contributed by atoms with Crippen LogP contribution in [0, 0.1) is 18.8 Å². The van der Waals surface area contributed by atoms with Crippen LogP contribution in [0.15, 0.2) is 36.4 Å². The summed E-state index contributed by atoms with van der Waals surface area (Å²) in [6, 6.07) is 11.7. The van der Waals surface area contributed by atoms with Gasteiger partial charge in [-0.1, -0.05) is 31.4 Å². The Morgan fingerprint density at radius 1 is 0.960 bits per heavy atom. The summed E-state index contributed by atoms with van der Waals surface area (Å²) in [6.45, 7) is 3.77. The summed E-state index contributed by atoms with van der Waals surface area (Å²) < 4.78 is 0. The second kappa shape index (κ2) is 6.95. The van der Waals surface area contributed by atoms with E-state index >= 15 is 0 Å². The minimum atomic E-state index is 0.172. The largest absolute Gasteiger partial charge is 0.338 e. The molecule has 1 aromatic heterocycles. The lowest BCUT2D eigenvalue weighted by Crippen LogP contribution is -2.44. The third-order valence-electron chi connectivity index (χ3n) is 5.80. The summed E-state index contributed by atoms with van der Waals surface area (Å²) in [4.78, 5) is 14.9. The summed E-state index contributed by atoms with van der Waals surface area (Å²) in [5, 5.41) is 8.31. The Labute approximate surface area is 149 Å². The lowest BCUT2D eigenvalue weighted by molar-refractivity contribution is 0.0521. The molecule has 0 bridgehead atoms. The molecule has 2 fully saturated rings. The highest BCUT2D eigenvalue weighted by atomic mass is 16.2. The maximum Gasteiger partial charge on any atom is 0.253 e. The van der Waals surface area contributed by atoms with E-state index in [2.05, 4.69) is 15.1 Å². The first-order valence-electron chi connectivity index (χ1n) is 9.41. The molecule has 25 heavy (non-hydrogen) atoms. The second-order valence-electron chi connectivity index (χ2n) is 7.48. The highest BCUT2D eigenvalue weighted by Gasteiger charge is 2.33. The number of hydrogen-bond acceptors (Lipinski definition) is 3. The number of hydrogen-bond donors (Lipinski definition) is 0. The summed E-state index contributed by atoms with van der Waals surface area (Å²) in [6.07, 6.45) is 6.53. The van der Waals surface area contributed by atoms with E-state index in [4.69, 9.17) is 0 Å². The number of fused-ring (bicyclic) bond motifs is 1. The number of aryl methyl sites for hydroxylation is 1. The fraction of sp³-hybridized carbons (Fsp3) is 0.476. The van der Waals surface area contributed by atoms with E-state index in [1.165, 1.54) is 32.1 Å². The molecule has 1 amide bonds. The van der Waals surface area contributed by atoms with Gasteiger partial charge >= 0.3 is 0 Å². The zero-order valence-electron chi connectivity index (χ0n) is 14.8. The van der Waals surface area contributed by atoms with Gasteiger partial charge in [0.1, 0.15) is 0 Å². The first-order valence-corrected chi connectivity index (χ1v) is 9.41. The monoisotopic (exact) mass is 335 g/mol. The molecule has 1 aliphatic heterocycles. The molecule has 130 valence electrons. The summed E-state index contributed by atoms with van der Waals surface area (Å²) in [5.74, 6) is 1.74. The Morgan fingerprint density at radius 2 is 1.72 bits per heavy atom. The Hall–Kier alpha value is -2.23. The predicted octanol–water partition coefficient (Wildman–Crippen LogP) is 4.10. The molecule has 1 saturated heterocycles. The standard InChI is InChI=1S/C21H25N3O/c1-15-6-11-20(23-22-15)17-7-9-18(10-8-17)21(25)24-13-12-16-4-2-3-5-19(16)14-24/h6-11,16,19H,2-5,12-14H2,1H3/t16-,19-/m0/s1. The van der Waals surface area contributed by atoms with Crippen molar-refractivity contribution in [1.82, 2.24) is 15.1 Å². The van der Waals surface area contributed by atoms with Crippen molar-refractivity contribution in [3.8, 4) is 11.3 Å². The number of nitrogens with zero attached hydrogens (tertiary/aromatic N) is 3. The third kappa shape index (κ3) is 3.44. The van der Waals surface area contributed by atoms with Crippen LogP contribution in [-0.2, 0) is 0 Å². The molecule has 4 rings (SSSR count). The molecule has 2 aromatic rings. The predicted molar refractivity (Wildman–Crippen MR) is 98.2 cm³/mol. The van der Waals surface area contributed by atoms with Gasteiger partial charge in [-0.15, -0.1) is 0 Å². The van der Waals surface area contributed by atoms with Crippen molar-refractivity contribution in [3.63, 3.8) is 0 Å². The van der Waals surface area contributed by atoms with Crippen molar-refractivity contribution in [2.45, 2.75) is 39.0 Å². The Kier molecular flexibility index (Phi) is 4.51. The first-order chi connectivity index (χ1) is 12.2. The second-order valence-corrected chi connectivity index (χ2v) is 7.48. The van der Waals surface area contributed by atoms with E-state index in [9.17, 15) is 4.79 Å². The molecule has 0 radical (unpaired) electrons. The lowest BCUT2D eigenvalue weighted by Gasteiger charge is -2.41. The molecule has 2 heterocycles. The van der Waals surface area contributed by atoms with Crippen LogP contribution in [-0.4, -0.2) is 34.1 Å². The van der Waals surface area contributed by atoms with Gasteiger partial charge < -0.3 is 4.90 Å². The van der Waals surface area contributed by atoms with Crippen molar-refractivity contribution < 1.29 is 4.79 Å². The fourth-order valence-corrected chi connectivity index (χ4v) is 4.30. The molecule has 1 saturated carbocycles. The number of amides is 1. The molecule has 4 nitrogen and oxygen atoms in total. The zero-order chi connectivity index (χ0) is 17.2. The number of benzene rings is 1. The van der Waals surface area contributed by atoms with Gasteiger partial charge in [-0.2, -0.15) is 10.2 Å². The quantitative estimate of drug-likeness (QED) is 0.830. The maximum absolute atomic E-state index is 12.9. The van der Waals surface area contributed by atoms with Gasteiger partial charge in [0.15, 0.2) is 0 Å². The van der Waals surface area contributed by atoms with Gasteiger partial charge in [-0.3, -0.25) is 4.79 Å². The molecular formula is C21H25N3O. The zero-order valence-corrected chi connectivity index (χ0v) is 14.8. The van der Waals surface area contributed by atoms with Crippen LogP contribution in [0.2, 0.25) is 0 Å². The molecule has 0 unspecified atom stereocenters. The molecule has 1 aromatic carbocycles. The van der Waals surface area contributed by atoms with E-state index in [-0.39, 0.29) is 5.91 Å². The molecule has 1 aliphatic carbocycles. The number of rotatable bonds is 2.